The predicted octanol–water partition coefficient (Wildman–Crippen LogP) is 3.15. The zero-order valence-corrected chi connectivity index (χ0v) is 17.6. The lowest BCUT2D eigenvalue weighted by atomic mass is 10.2. The van der Waals surface area contributed by atoms with E-state index in [1.165, 1.54) is 23.1 Å². The quantitative estimate of drug-likeness (QED) is 0.635. The summed E-state index contributed by atoms with van der Waals surface area (Å²) in [5.74, 6) is 1.09. The van der Waals surface area contributed by atoms with Crippen LogP contribution in [0.1, 0.15) is 43.5 Å². The van der Waals surface area contributed by atoms with E-state index >= 15 is 0 Å². The molecule has 1 atom stereocenters. The number of aromatic nitrogens is 2. The number of hydrogen-bond donors (Lipinski definition) is 2. The predicted molar refractivity (Wildman–Crippen MR) is 109 cm³/mol. The number of thioether (sulfide) groups is 1. The number of fused-ring (bicyclic) bond motifs is 1. The van der Waals surface area contributed by atoms with Crippen LogP contribution >= 0.6 is 23.1 Å². The van der Waals surface area contributed by atoms with Gasteiger partial charge in [0.2, 0.25) is 5.91 Å². The largest absolute Gasteiger partial charge is 0.379 e. The fraction of sp³-hybridized carbons (Fsp3) is 0.611. The normalized spacial score (nSPS) is 12.7. The van der Waals surface area contributed by atoms with Crippen molar-refractivity contribution in [3.63, 3.8) is 0 Å². The van der Waals surface area contributed by atoms with Gasteiger partial charge in [-0.05, 0) is 46.6 Å². The Balaban J connectivity index is 1.85. The Kier molecular flexibility index (Phi) is 7.67. The van der Waals surface area contributed by atoms with Crippen molar-refractivity contribution in [2.24, 2.45) is 0 Å². The highest BCUT2D eigenvalue weighted by atomic mass is 32.2. The van der Waals surface area contributed by atoms with E-state index in [9.17, 15) is 9.59 Å². The molecule has 1 amide bonds. The summed E-state index contributed by atoms with van der Waals surface area (Å²) in [5.41, 5.74) is 0.891. The molecule has 0 spiro atoms. The Bertz CT molecular complexity index is 814. The van der Waals surface area contributed by atoms with Crippen LogP contribution in [-0.4, -0.2) is 40.4 Å². The average molecular weight is 398 g/mol. The second-order valence-corrected chi connectivity index (χ2v) is 9.03. The fourth-order valence-electron chi connectivity index (χ4n) is 2.39. The van der Waals surface area contributed by atoms with Crippen LogP contribution in [0.4, 0.5) is 0 Å². The van der Waals surface area contributed by atoms with Crippen molar-refractivity contribution >= 4 is 39.2 Å². The number of ether oxygens (including phenoxy) is 1. The SMILES string of the molecule is Cc1sc2nc(CS[C@@H](C)C(=O)NCCCOC(C)C)[nH]c(=O)c2c1C. The number of rotatable bonds is 9. The molecule has 0 radical (unpaired) electrons. The van der Waals surface area contributed by atoms with E-state index < -0.39 is 0 Å². The van der Waals surface area contributed by atoms with Crippen LogP contribution in [0.15, 0.2) is 4.79 Å². The zero-order valence-electron chi connectivity index (χ0n) is 16.0. The third-order valence-electron chi connectivity index (χ3n) is 4.00. The molecular formula is C18H27N3O3S2. The third-order valence-corrected chi connectivity index (χ3v) is 6.25. The molecule has 0 aliphatic rings. The minimum Gasteiger partial charge on any atom is -0.379 e. The summed E-state index contributed by atoms with van der Waals surface area (Å²) in [6, 6.07) is 0. The highest BCUT2D eigenvalue weighted by Gasteiger charge is 2.15. The minimum atomic E-state index is -0.214. The first-order valence-electron chi connectivity index (χ1n) is 8.79. The molecule has 0 fully saturated rings. The van der Waals surface area contributed by atoms with Crippen molar-refractivity contribution < 1.29 is 9.53 Å². The Morgan fingerprint density at radius 1 is 1.35 bits per heavy atom. The number of aryl methyl sites for hydroxylation is 2. The molecule has 0 aliphatic carbocycles. The van der Waals surface area contributed by atoms with Crippen LogP contribution in [0, 0.1) is 13.8 Å². The summed E-state index contributed by atoms with van der Waals surface area (Å²) in [7, 11) is 0. The lowest BCUT2D eigenvalue weighted by Crippen LogP contribution is -2.32. The Morgan fingerprint density at radius 2 is 2.08 bits per heavy atom. The molecule has 0 aliphatic heterocycles. The Hall–Kier alpha value is -1.38. The van der Waals surface area contributed by atoms with Gasteiger partial charge in [0.1, 0.15) is 10.7 Å². The van der Waals surface area contributed by atoms with Crippen LogP contribution in [0.2, 0.25) is 0 Å². The van der Waals surface area contributed by atoms with Crippen LogP contribution in [0.5, 0.6) is 0 Å². The summed E-state index contributed by atoms with van der Waals surface area (Å²) in [6.07, 6.45) is 1.01. The van der Waals surface area contributed by atoms with Gasteiger partial charge in [-0.1, -0.05) is 0 Å². The van der Waals surface area contributed by atoms with Gasteiger partial charge in [0, 0.05) is 18.0 Å². The molecule has 0 aromatic carbocycles. The van der Waals surface area contributed by atoms with Crippen LogP contribution in [-0.2, 0) is 15.3 Å². The maximum atomic E-state index is 12.3. The molecule has 2 aromatic rings. The summed E-state index contributed by atoms with van der Waals surface area (Å²) in [6.45, 7) is 11.0. The number of nitrogens with one attached hydrogen (secondary N) is 2. The molecule has 2 aromatic heterocycles. The van der Waals surface area contributed by atoms with Gasteiger partial charge in [-0.2, -0.15) is 0 Å². The molecule has 2 N–H and O–H groups in total. The van der Waals surface area contributed by atoms with E-state index in [1.54, 1.807) is 0 Å². The fourth-order valence-corrected chi connectivity index (χ4v) is 4.22. The number of thiophene rings is 1. The lowest BCUT2D eigenvalue weighted by molar-refractivity contribution is -0.120. The van der Waals surface area contributed by atoms with Crippen molar-refractivity contribution in [1.82, 2.24) is 15.3 Å². The van der Waals surface area contributed by atoms with Gasteiger partial charge >= 0.3 is 0 Å². The van der Waals surface area contributed by atoms with E-state index in [0.717, 1.165) is 21.7 Å². The van der Waals surface area contributed by atoms with Gasteiger partial charge in [0.05, 0.1) is 22.5 Å². The average Bonchev–Trinajstić information content (AvgIpc) is 2.86. The first-order chi connectivity index (χ1) is 12.3. The number of nitrogens with zero attached hydrogens (tertiary/aromatic N) is 1. The maximum absolute atomic E-state index is 12.3. The first kappa shape index (κ1) is 20.9. The Labute approximate surface area is 162 Å². The van der Waals surface area contributed by atoms with Crippen molar-refractivity contribution in [2.75, 3.05) is 13.2 Å². The molecule has 2 heterocycles. The van der Waals surface area contributed by atoms with E-state index in [2.05, 4.69) is 15.3 Å². The van der Waals surface area contributed by atoms with Crippen molar-refractivity contribution in [2.45, 2.75) is 58.1 Å². The van der Waals surface area contributed by atoms with E-state index in [-0.39, 0.29) is 22.8 Å². The first-order valence-corrected chi connectivity index (χ1v) is 10.7. The summed E-state index contributed by atoms with van der Waals surface area (Å²) in [5, 5.41) is 3.38. The zero-order chi connectivity index (χ0) is 19.3. The highest BCUT2D eigenvalue weighted by Crippen LogP contribution is 2.26. The third kappa shape index (κ3) is 5.56. The molecule has 0 saturated heterocycles. The van der Waals surface area contributed by atoms with Crippen LogP contribution < -0.4 is 10.9 Å². The molecular weight excluding hydrogens is 370 g/mol. The van der Waals surface area contributed by atoms with Gasteiger partial charge < -0.3 is 15.0 Å². The van der Waals surface area contributed by atoms with E-state index in [1.807, 2.05) is 34.6 Å². The highest BCUT2D eigenvalue weighted by molar-refractivity contribution is 7.99. The molecule has 144 valence electrons. The molecule has 0 unspecified atom stereocenters. The molecule has 8 heteroatoms. The second kappa shape index (κ2) is 9.53. The standard InChI is InChI=1S/C18H27N3O3S2/c1-10(2)24-8-6-7-19-16(22)13(5)25-9-14-20-17(23)15-11(3)12(4)26-18(15)21-14/h10,13H,6-9H2,1-5H3,(H,19,22)(H,20,21,23)/t13-/m0/s1. The van der Waals surface area contributed by atoms with Crippen molar-refractivity contribution in [1.29, 1.82) is 0 Å². The number of H-pyrrole nitrogens is 1. The van der Waals surface area contributed by atoms with Gasteiger partial charge in [0.15, 0.2) is 0 Å². The number of carbonyl (C=O) groups is 1. The number of amides is 1. The molecule has 6 nitrogen and oxygen atoms in total. The van der Waals surface area contributed by atoms with E-state index in [4.69, 9.17) is 4.74 Å². The van der Waals surface area contributed by atoms with E-state index in [0.29, 0.717) is 30.1 Å². The summed E-state index contributed by atoms with van der Waals surface area (Å²) >= 11 is 3.00. The monoisotopic (exact) mass is 397 g/mol. The number of hydrogen-bond acceptors (Lipinski definition) is 6. The van der Waals surface area contributed by atoms with Gasteiger partial charge in [-0.15, -0.1) is 23.1 Å². The van der Waals surface area contributed by atoms with Gasteiger partial charge in [-0.25, -0.2) is 4.98 Å². The van der Waals surface area contributed by atoms with Gasteiger partial charge in [0.25, 0.3) is 5.56 Å². The lowest BCUT2D eigenvalue weighted by Gasteiger charge is -2.12. The minimum absolute atomic E-state index is 0.00853. The number of carbonyl (C=O) groups excluding carboxylic acids is 1. The molecule has 26 heavy (non-hydrogen) atoms. The van der Waals surface area contributed by atoms with Gasteiger partial charge in [-0.3, -0.25) is 9.59 Å². The van der Waals surface area contributed by atoms with Crippen molar-refractivity contribution in [3.05, 3.63) is 26.6 Å². The van der Waals surface area contributed by atoms with Crippen LogP contribution in [0.25, 0.3) is 10.2 Å². The summed E-state index contributed by atoms with van der Waals surface area (Å²) < 4.78 is 5.45. The molecule has 0 bridgehead atoms. The molecule has 2 rings (SSSR count). The Morgan fingerprint density at radius 3 is 2.77 bits per heavy atom. The summed E-state index contributed by atoms with van der Waals surface area (Å²) in [4.78, 5) is 33.7. The maximum Gasteiger partial charge on any atom is 0.259 e. The smallest absolute Gasteiger partial charge is 0.259 e. The topological polar surface area (TPSA) is 84.1 Å². The number of aromatic amines is 1. The molecule has 0 saturated carbocycles. The van der Waals surface area contributed by atoms with Crippen molar-refractivity contribution in [3.8, 4) is 0 Å². The second-order valence-electron chi connectivity index (χ2n) is 6.49. The van der Waals surface area contributed by atoms with Crippen LogP contribution in [0.3, 0.4) is 0 Å².